The largest absolute Gasteiger partial charge is 0.460 e. The Morgan fingerprint density at radius 1 is 0.833 bits per heavy atom. The van der Waals surface area contributed by atoms with E-state index in [2.05, 4.69) is 5.32 Å². The molecule has 3 aromatic rings. The molecule has 2 nitrogen and oxygen atoms in total. The van der Waals surface area contributed by atoms with Crippen LogP contribution in [0.1, 0.15) is 11.3 Å². The molecule has 0 radical (unpaired) electrons. The van der Waals surface area contributed by atoms with Gasteiger partial charge in [0.1, 0.15) is 23.2 Å². The van der Waals surface area contributed by atoms with Crippen LogP contribution >= 0.6 is 12.4 Å². The van der Waals surface area contributed by atoms with E-state index in [1.165, 1.54) is 12.1 Å². The van der Waals surface area contributed by atoms with Gasteiger partial charge in [-0.15, -0.1) is 12.4 Å². The normalized spacial score (nSPS) is 10.4. The third kappa shape index (κ3) is 4.43. The third-order valence-electron chi connectivity index (χ3n) is 3.63. The average Bonchev–Trinajstić information content (AvgIpc) is 3.02. The van der Waals surface area contributed by atoms with E-state index in [1.54, 1.807) is 36.4 Å². The Morgan fingerprint density at radius 2 is 1.54 bits per heavy atom. The summed E-state index contributed by atoms with van der Waals surface area (Å²) in [5, 5.41) is 3.20. The Morgan fingerprint density at radius 3 is 2.29 bits per heavy atom. The molecule has 3 rings (SSSR count). The van der Waals surface area contributed by atoms with Crippen molar-refractivity contribution in [1.82, 2.24) is 5.32 Å². The van der Waals surface area contributed by atoms with Crippen molar-refractivity contribution < 1.29 is 13.2 Å². The monoisotopic (exact) mass is 349 g/mol. The SMILES string of the molecule is Cl.Fc1ccccc1CCNCc1ccc(-c2ccccc2F)o1. The molecule has 0 spiro atoms. The smallest absolute Gasteiger partial charge is 0.137 e. The van der Waals surface area contributed by atoms with E-state index < -0.39 is 0 Å². The van der Waals surface area contributed by atoms with Crippen LogP contribution in [-0.4, -0.2) is 6.54 Å². The molecule has 0 atom stereocenters. The van der Waals surface area contributed by atoms with E-state index >= 15 is 0 Å². The van der Waals surface area contributed by atoms with Gasteiger partial charge >= 0.3 is 0 Å². The van der Waals surface area contributed by atoms with Crippen LogP contribution in [0.3, 0.4) is 0 Å². The van der Waals surface area contributed by atoms with Gasteiger partial charge in [0.25, 0.3) is 0 Å². The van der Waals surface area contributed by atoms with Crippen LogP contribution in [0.4, 0.5) is 8.78 Å². The summed E-state index contributed by atoms with van der Waals surface area (Å²) in [5.41, 5.74) is 1.14. The molecule has 1 heterocycles. The first-order chi connectivity index (χ1) is 11.2. The van der Waals surface area contributed by atoms with Gasteiger partial charge < -0.3 is 9.73 Å². The lowest BCUT2D eigenvalue weighted by Gasteiger charge is -2.04. The summed E-state index contributed by atoms with van der Waals surface area (Å²) >= 11 is 0. The number of nitrogens with one attached hydrogen (secondary N) is 1. The minimum atomic E-state index is -0.305. The number of furan rings is 1. The van der Waals surface area contributed by atoms with Gasteiger partial charge in [-0.2, -0.15) is 0 Å². The maximum Gasteiger partial charge on any atom is 0.137 e. The highest BCUT2D eigenvalue weighted by Crippen LogP contribution is 2.24. The summed E-state index contributed by atoms with van der Waals surface area (Å²) in [4.78, 5) is 0. The van der Waals surface area contributed by atoms with Crippen LogP contribution in [0.5, 0.6) is 0 Å². The Kier molecular flexibility index (Phi) is 6.53. The van der Waals surface area contributed by atoms with Crippen molar-refractivity contribution in [2.75, 3.05) is 6.54 Å². The van der Waals surface area contributed by atoms with Crippen LogP contribution in [0.15, 0.2) is 65.1 Å². The lowest BCUT2D eigenvalue weighted by Crippen LogP contribution is -2.16. The Labute approximate surface area is 145 Å². The molecule has 0 aliphatic carbocycles. The second-order valence-corrected chi connectivity index (χ2v) is 5.26. The molecule has 0 aliphatic rings. The van der Waals surface area contributed by atoms with Gasteiger partial charge in [0.2, 0.25) is 0 Å². The zero-order valence-electron chi connectivity index (χ0n) is 13.0. The highest BCUT2D eigenvalue weighted by Gasteiger charge is 2.09. The highest BCUT2D eigenvalue weighted by atomic mass is 35.5. The molecule has 5 heteroatoms. The van der Waals surface area contributed by atoms with Gasteiger partial charge in [-0.1, -0.05) is 30.3 Å². The molecule has 0 fully saturated rings. The first-order valence-corrected chi connectivity index (χ1v) is 7.52. The number of hydrogen-bond donors (Lipinski definition) is 1. The van der Waals surface area contributed by atoms with Crippen LogP contribution in [0.25, 0.3) is 11.3 Å². The second-order valence-electron chi connectivity index (χ2n) is 5.26. The first kappa shape index (κ1) is 18.2. The molecular weight excluding hydrogens is 332 g/mol. The van der Waals surface area contributed by atoms with E-state index in [0.29, 0.717) is 36.4 Å². The third-order valence-corrected chi connectivity index (χ3v) is 3.63. The first-order valence-electron chi connectivity index (χ1n) is 7.52. The van der Waals surface area contributed by atoms with Crippen molar-refractivity contribution in [2.45, 2.75) is 13.0 Å². The van der Waals surface area contributed by atoms with E-state index in [0.717, 1.165) is 5.76 Å². The maximum atomic E-state index is 13.7. The number of hydrogen-bond acceptors (Lipinski definition) is 2. The van der Waals surface area contributed by atoms with E-state index in [1.807, 2.05) is 12.1 Å². The molecule has 1 N–H and O–H groups in total. The summed E-state index contributed by atoms with van der Waals surface area (Å²) in [6.45, 7) is 1.15. The van der Waals surface area contributed by atoms with Crippen LogP contribution < -0.4 is 5.32 Å². The second kappa shape index (κ2) is 8.62. The van der Waals surface area contributed by atoms with Gasteiger partial charge in [-0.3, -0.25) is 0 Å². The van der Waals surface area contributed by atoms with Gasteiger partial charge in [-0.25, -0.2) is 8.78 Å². The van der Waals surface area contributed by atoms with Crippen LogP contribution in [0.2, 0.25) is 0 Å². The van der Waals surface area contributed by atoms with Gasteiger partial charge in [-0.05, 0) is 48.9 Å². The zero-order valence-corrected chi connectivity index (χ0v) is 13.8. The van der Waals surface area contributed by atoms with Crippen molar-refractivity contribution in [2.24, 2.45) is 0 Å². The van der Waals surface area contributed by atoms with Crippen molar-refractivity contribution >= 4 is 12.4 Å². The number of benzene rings is 2. The van der Waals surface area contributed by atoms with Crippen molar-refractivity contribution in [3.63, 3.8) is 0 Å². The van der Waals surface area contributed by atoms with Crippen LogP contribution in [-0.2, 0) is 13.0 Å². The molecule has 1 aromatic heterocycles. The Hall–Kier alpha value is -2.17. The van der Waals surface area contributed by atoms with Crippen LogP contribution in [0, 0.1) is 11.6 Å². The topological polar surface area (TPSA) is 25.2 Å². The van der Waals surface area contributed by atoms with Crippen molar-refractivity contribution in [3.8, 4) is 11.3 Å². The molecule has 0 unspecified atom stereocenters. The number of rotatable bonds is 6. The molecule has 24 heavy (non-hydrogen) atoms. The molecule has 0 aliphatic heterocycles. The molecule has 0 saturated heterocycles. The molecular formula is C19H18ClF2NO. The quantitative estimate of drug-likeness (QED) is 0.635. The lowest BCUT2D eigenvalue weighted by molar-refractivity contribution is 0.490. The Balaban J connectivity index is 0.00000208. The van der Waals surface area contributed by atoms with Crippen molar-refractivity contribution in [3.05, 3.63) is 83.6 Å². The minimum absolute atomic E-state index is 0. The predicted molar refractivity (Wildman–Crippen MR) is 93.2 cm³/mol. The standard InChI is InChI=1S/C19H17F2NO.ClH/c20-17-7-3-1-5-14(17)11-12-22-13-15-9-10-19(23-15)16-6-2-4-8-18(16)21;/h1-10,22H,11-13H2;1H. The van der Waals surface area contributed by atoms with Gasteiger partial charge in [0, 0.05) is 0 Å². The molecule has 2 aromatic carbocycles. The fraction of sp³-hybridized carbons (Fsp3) is 0.158. The van der Waals surface area contributed by atoms with Crippen molar-refractivity contribution in [1.29, 1.82) is 0 Å². The summed E-state index contributed by atoms with van der Waals surface area (Å²) in [5.74, 6) is 0.737. The molecule has 0 amide bonds. The fourth-order valence-corrected chi connectivity index (χ4v) is 2.41. The van der Waals surface area contributed by atoms with E-state index in [9.17, 15) is 8.78 Å². The fourth-order valence-electron chi connectivity index (χ4n) is 2.41. The number of halogens is 3. The summed E-state index contributed by atoms with van der Waals surface area (Å²) in [6.07, 6.45) is 0.605. The predicted octanol–water partition coefficient (Wildman–Crippen LogP) is 4.98. The lowest BCUT2D eigenvalue weighted by atomic mass is 10.1. The molecule has 0 saturated carbocycles. The zero-order chi connectivity index (χ0) is 16.1. The molecule has 0 bridgehead atoms. The maximum absolute atomic E-state index is 13.7. The van der Waals surface area contributed by atoms with Gasteiger partial charge in [0.05, 0.1) is 12.1 Å². The summed E-state index contributed by atoms with van der Waals surface area (Å²) < 4.78 is 32.8. The summed E-state index contributed by atoms with van der Waals surface area (Å²) in [6, 6.07) is 16.8. The van der Waals surface area contributed by atoms with Gasteiger partial charge in [0.15, 0.2) is 0 Å². The average molecular weight is 350 g/mol. The highest BCUT2D eigenvalue weighted by molar-refractivity contribution is 5.85. The van der Waals surface area contributed by atoms with E-state index in [4.69, 9.17) is 4.42 Å². The Bertz CT molecular complexity index is 788. The summed E-state index contributed by atoms with van der Waals surface area (Å²) in [7, 11) is 0. The minimum Gasteiger partial charge on any atom is -0.460 e. The van der Waals surface area contributed by atoms with E-state index in [-0.39, 0.29) is 24.0 Å². The molecule has 126 valence electrons.